The highest BCUT2D eigenvalue weighted by Gasteiger charge is 2.24. The maximum atomic E-state index is 11.4. The average molecular weight is 319 g/mol. The van der Waals surface area contributed by atoms with Crippen LogP contribution >= 0.6 is 0 Å². The summed E-state index contributed by atoms with van der Waals surface area (Å²) in [6.45, 7) is 9.59. The van der Waals surface area contributed by atoms with Gasteiger partial charge in [-0.05, 0) is 19.1 Å². The summed E-state index contributed by atoms with van der Waals surface area (Å²) < 4.78 is 10.7. The van der Waals surface area contributed by atoms with Crippen LogP contribution in [0.3, 0.4) is 0 Å². The first-order chi connectivity index (χ1) is 11.3. The van der Waals surface area contributed by atoms with Crippen LogP contribution in [0.4, 0.5) is 10.5 Å². The van der Waals surface area contributed by atoms with Crippen molar-refractivity contribution >= 4 is 11.8 Å². The molecule has 0 bridgehead atoms. The number of rotatable bonds is 6. The van der Waals surface area contributed by atoms with Gasteiger partial charge in [-0.3, -0.25) is 4.90 Å². The molecule has 0 radical (unpaired) electrons. The van der Waals surface area contributed by atoms with Crippen LogP contribution in [0.2, 0.25) is 0 Å². The SMILES string of the molecule is CCOc1ccccc1N1CCN(CCN2CCOC2=O)CC1. The molecule has 6 heteroatoms. The average Bonchev–Trinajstić information content (AvgIpc) is 2.99. The number of amides is 1. The molecule has 23 heavy (non-hydrogen) atoms. The molecule has 2 saturated heterocycles. The zero-order valence-corrected chi connectivity index (χ0v) is 13.7. The summed E-state index contributed by atoms with van der Waals surface area (Å²) in [4.78, 5) is 18.0. The topological polar surface area (TPSA) is 45.2 Å². The second kappa shape index (κ2) is 7.55. The van der Waals surface area contributed by atoms with Crippen molar-refractivity contribution in [2.45, 2.75) is 6.92 Å². The van der Waals surface area contributed by atoms with E-state index in [2.05, 4.69) is 21.9 Å². The molecule has 0 aliphatic carbocycles. The van der Waals surface area contributed by atoms with Crippen LogP contribution in [0.5, 0.6) is 5.75 Å². The normalized spacial score (nSPS) is 19.1. The van der Waals surface area contributed by atoms with Gasteiger partial charge in [-0.25, -0.2) is 4.79 Å². The van der Waals surface area contributed by atoms with E-state index >= 15 is 0 Å². The van der Waals surface area contributed by atoms with E-state index in [4.69, 9.17) is 9.47 Å². The minimum atomic E-state index is -0.172. The van der Waals surface area contributed by atoms with Crippen molar-refractivity contribution in [1.29, 1.82) is 0 Å². The Bertz CT molecular complexity index is 530. The van der Waals surface area contributed by atoms with Gasteiger partial charge in [-0.15, -0.1) is 0 Å². The standard InChI is InChI=1S/C17H25N3O3/c1-2-22-16-6-4-3-5-15(16)19-10-7-18(8-11-19)9-12-20-13-14-23-17(20)21/h3-6H,2,7-14H2,1H3. The molecule has 2 aliphatic rings. The Morgan fingerprint density at radius 3 is 2.57 bits per heavy atom. The number of benzene rings is 1. The molecule has 2 heterocycles. The second-order valence-corrected chi connectivity index (χ2v) is 5.83. The number of carbonyl (C=O) groups is 1. The van der Waals surface area contributed by atoms with Crippen molar-refractivity contribution < 1.29 is 14.3 Å². The van der Waals surface area contributed by atoms with Crippen molar-refractivity contribution in [3.05, 3.63) is 24.3 Å². The Labute approximate surface area is 137 Å². The zero-order chi connectivity index (χ0) is 16.1. The number of carbonyl (C=O) groups excluding carboxylic acids is 1. The van der Waals surface area contributed by atoms with Crippen LogP contribution < -0.4 is 9.64 Å². The van der Waals surface area contributed by atoms with Gasteiger partial charge < -0.3 is 19.3 Å². The Morgan fingerprint density at radius 2 is 1.87 bits per heavy atom. The molecular weight excluding hydrogens is 294 g/mol. The van der Waals surface area contributed by atoms with Crippen molar-refractivity contribution in [2.75, 3.05) is 63.9 Å². The van der Waals surface area contributed by atoms with Gasteiger partial charge in [-0.1, -0.05) is 12.1 Å². The molecule has 126 valence electrons. The van der Waals surface area contributed by atoms with E-state index in [-0.39, 0.29) is 6.09 Å². The van der Waals surface area contributed by atoms with Crippen LogP contribution in [0, 0.1) is 0 Å². The lowest BCUT2D eigenvalue weighted by molar-refractivity contribution is 0.152. The van der Waals surface area contributed by atoms with Gasteiger partial charge in [0.05, 0.1) is 18.8 Å². The predicted molar refractivity (Wildman–Crippen MR) is 89.2 cm³/mol. The fourth-order valence-corrected chi connectivity index (χ4v) is 3.10. The molecule has 2 aliphatic heterocycles. The van der Waals surface area contributed by atoms with Gasteiger partial charge >= 0.3 is 6.09 Å². The summed E-state index contributed by atoms with van der Waals surface area (Å²) in [6, 6.07) is 8.23. The molecule has 1 amide bonds. The lowest BCUT2D eigenvalue weighted by Gasteiger charge is -2.37. The van der Waals surface area contributed by atoms with Gasteiger partial charge in [0.25, 0.3) is 0 Å². The number of hydrogen-bond acceptors (Lipinski definition) is 5. The Hall–Kier alpha value is -1.95. The molecule has 2 fully saturated rings. The Morgan fingerprint density at radius 1 is 1.09 bits per heavy atom. The maximum absolute atomic E-state index is 11.4. The number of anilines is 1. The first-order valence-corrected chi connectivity index (χ1v) is 8.38. The van der Waals surface area contributed by atoms with Crippen LogP contribution in [-0.2, 0) is 4.74 Å². The summed E-state index contributed by atoms with van der Waals surface area (Å²) in [6.07, 6.45) is -0.172. The first kappa shape index (κ1) is 15.9. The van der Waals surface area contributed by atoms with Crippen molar-refractivity contribution in [3.63, 3.8) is 0 Å². The lowest BCUT2D eigenvalue weighted by atomic mass is 10.2. The molecule has 1 aromatic rings. The van der Waals surface area contributed by atoms with E-state index in [9.17, 15) is 4.79 Å². The highest BCUT2D eigenvalue weighted by atomic mass is 16.6. The molecule has 0 unspecified atom stereocenters. The highest BCUT2D eigenvalue weighted by Crippen LogP contribution is 2.28. The van der Waals surface area contributed by atoms with Crippen LogP contribution in [0.25, 0.3) is 0 Å². The van der Waals surface area contributed by atoms with Gasteiger partial charge in [0, 0.05) is 39.3 Å². The van der Waals surface area contributed by atoms with Crippen molar-refractivity contribution in [2.24, 2.45) is 0 Å². The van der Waals surface area contributed by atoms with Crippen molar-refractivity contribution in [1.82, 2.24) is 9.80 Å². The van der Waals surface area contributed by atoms with E-state index in [1.165, 1.54) is 5.69 Å². The maximum Gasteiger partial charge on any atom is 0.409 e. The van der Waals surface area contributed by atoms with Gasteiger partial charge in [0.2, 0.25) is 0 Å². The first-order valence-electron chi connectivity index (χ1n) is 8.38. The Kier molecular flexibility index (Phi) is 5.23. The number of hydrogen-bond donors (Lipinski definition) is 0. The molecule has 0 atom stereocenters. The number of ether oxygens (including phenoxy) is 2. The number of para-hydroxylation sites is 2. The largest absolute Gasteiger partial charge is 0.492 e. The monoisotopic (exact) mass is 319 g/mol. The van der Waals surface area contributed by atoms with E-state index in [1.807, 2.05) is 19.1 Å². The highest BCUT2D eigenvalue weighted by molar-refractivity contribution is 5.69. The van der Waals surface area contributed by atoms with E-state index < -0.39 is 0 Å². The summed E-state index contributed by atoms with van der Waals surface area (Å²) >= 11 is 0. The second-order valence-electron chi connectivity index (χ2n) is 5.83. The molecule has 3 rings (SSSR count). The van der Waals surface area contributed by atoms with Gasteiger partial charge in [0.15, 0.2) is 0 Å². The summed E-state index contributed by atoms with van der Waals surface area (Å²) in [5.41, 5.74) is 1.18. The zero-order valence-electron chi connectivity index (χ0n) is 13.7. The van der Waals surface area contributed by atoms with Crippen LogP contribution in [0.15, 0.2) is 24.3 Å². The third kappa shape index (κ3) is 3.88. The van der Waals surface area contributed by atoms with E-state index in [0.717, 1.165) is 51.6 Å². The van der Waals surface area contributed by atoms with E-state index in [0.29, 0.717) is 13.2 Å². The summed E-state index contributed by atoms with van der Waals surface area (Å²) in [5.74, 6) is 0.961. The van der Waals surface area contributed by atoms with Gasteiger partial charge in [0.1, 0.15) is 12.4 Å². The third-order valence-corrected chi connectivity index (χ3v) is 4.41. The summed E-state index contributed by atoms with van der Waals surface area (Å²) in [5, 5.41) is 0. The Balaban J connectivity index is 1.49. The minimum Gasteiger partial charge on any atom is -0.492 e. The quantitative estimate of drug-likeness (QED) is 0.798. The molecular formula is C17H25N3O3. The number of cyclic esters (lactones) is 1. The molecule has 0 saturated carbocycles. The summed E-state index contributed by atoms with van der Waals surface area (Å²) in [7, 11) is 0. The van der Waals surface area contributed by atoms with Crippen LogP contribution in [-0.4, -0.2) is 74.9 Å². The lowest BCUT2D eigenvalue weighted by Crippen LogP contribution is -2.48. The van der Waals surface area contributed by atoms with E-state index in [1.54, 1.807) is 4.90 Å². The number of nitrogens with zero attached hydrogens (tertiary/aromatic N) is 3. The molecule has 0 aromatic heterocycles. The molecule has 0 spiro atoms. The smallest absolute Gasteiger partial charge is 0.409 e. The third-order valence-electron chi connectivity index (χ3n) is 4.41. The predicted octanol–water partition coefficient (Wildman–Crippen LogP) is 1.66. The van der Waals surface area contributed by atoms with Gasteiger partial charge in [-0.2, -0.15) is 0 Å². The minimum absolute atomic E-state index is 0.172. The molecule has 1 aromatic carbocycles. The van der Waals surface area contributed by atoms with Crippen LogP contribution in [0.1, 0.15) is 6.92 Å². The molecule has 0 N–H and O–H groups in total. The fourth-order valence-electron chi connectivity index (χ4n) is 3.10. The fraction of sp³-hybridized carbons (Fsp3) is 0.588. The van der Waals surface area contributed by atoms with Crippen molar-refractivity contribution in [3.8, 4) is 5.75 Å². The molecule has 6 nitrogen and oxygen atoms in total. The number of piperazine rings is 1.